The Kier molecular flexibility index (Phi) is 3.65. The number of anilines is 1. The van der Waals surface area contributed by atoms with Gasteiger partial charge < -0.3 is 15.5 Å². The molecule has 0 fully saturated rings. The number of aliphatic hydroxyl groups excluding tert-OH is 1. The van der Waals surface area contributed by atoms with Crippen LogP contribution in [0, 0.1) is 19.1 Å². The third-order valence-electron chi connectivity index (χ3n) is 2.33. The normalized spacial score (nSPS) is 13.6. The van der Waals surface area contributed by atoms with E-state index in [1.54, 1.807) is 0 Å². The van der Waals surface area contributed by atoms with E-state index in [-0.39, 0.29) is 22.4 Å². The van der Waals surface area contributed by atoms with Crippen molar-refractivity contribution in [2.75, 3.05) is 5.23 Å². The summed E-state index contributed by atoms with van der Waals surface area (Å²) >= 11 is 0. The van der Waals surface area contributed by atoms with Crippen LogP contribution in [0.25, 0.3) is 0 Å². The van der Waals surface area contributed by atoms with Crippen molar-refractivity contribution >= 4 is 5.69 Å². The van der Waals surface area contributed by atoms with Crippen LogP contribution in [0.1, 0.15) is 22.8 Å². The first-order valence-electron chi connectivity index (χ1n) is 4.66. The van der Waals surface area contributed by atoms with Gasteiger partial charge in [0.05, 0.1) is 5.69 Å². The first-order chi connectivity index (χ1) is 7.64. The number of aryl methyl sites for hydroxylation is 2. The molecule has 1 atom stereocenters. The summed E-state index contributed by atoms with van der Waals surface area (Å²) in [5, 5.41) is 28.2. The van der Waals surface area contributed by atoms with Gasteiger partial charge in [-0.2, -0.15) is 13.2 Å². The largest absolute Gasteiger partial charge is 0.733 e. The van der Waals surface area contributed by atoms with E-state index < -0.39 is 17.5 Å². The first kappa shape index (κ1) is 13.8. The fraction of sp³-hybridized carbons (Fsp3) is 0.400. The fourth-order valence-corrected chi connectivity index (χ4v) is 1.64. The van der Waals surface area contributed by atoms with E-state index in [4.69, 9.17) is 10.3 Å². The molecule has 1 aromatic carbocycles. The molecule has 1 rings (SSSR count). The van der Waals surface area contributed by atoms with Gasteiger partial charge in [-0.1, -0.05) is 12.1 Å². The number of hydrogen-bond donors (Lipinski definition) is 2. The molecule has 0 aliphatic rings. The minimum absolute atomic E-state index is 0.122. The highest BCUT2D eigenvalue weighted by Crippen LogP contribution is 2.35. The van der Waals surface area contributed by atoms with E-state index in [0.29, 0.717) is 0 Å². The second-order valence-electron chi connectivity index (χ2n) is 3.72. The van der Waals surface area contributed by atoms with E-state index in [9.17, 15) is 18.4 Å². The van der Waals surface area contributed by atoms with Crippen LogP contribution < -0.4 is 5.23 Å². The van der Waals surface area contributed by atoms with E-state index in [0.717, 1.165) is 12.1 Å². The van der Waals surface area contributed by atoms with Crippen molar-refractivity contribution in [2.24, 2.45) is 0 Å². The maximum atomic E-state index is 12.3. The van der Waals surface area contributed by atoms with Gasteiger partial charge in [-0.15, -0.1) is 0 Å². The zero-order chi connectivity index (χ0) is 13.4. The van der Waals surface area contributed by atoms with E-state index in [1.165, 1.54) is 13.8 Å². The third-order valence-corrected chi connectivity index (χ3v) is 2.33. The van der Waals surface area contributed by atoms with Crippen LogP contribution in [0.5, 0.6) is 0 Å². The Morgan fingerprint density at radius 3 is 1.94 bits per heavy atom. The lowest BCUT2D eigenvalue weighted by atomic mass is 10.0. The van der Waals surface area contributed by atoms with Crippen LogP contribution in [0.3, 0.4) is 0 Å². The van der Waals surface area contributed by atoms with Gasteiger partial charge in [0, 0.05) is 0 Å². The van der Waals surface area contributed by atoms with Crippen molar-refractivity contribution in [3.05, 3.63) is 34.0 Å². The molecule has 7 heteroatoms. The van der Waals surface area contributed by atoms with Gasteiger partial charge in [-0.05, 0) is 30.5 Å². The molecule has 0 saturated heterocycles. The first-order valence-corrected chi connectivity index (χ1v) is 4.66. The van der Waals surface area contributed by atoms with Crippen LogP contribution in [0.2, 0.25) is 0 Å². The third kappa shape index (κ3) is 2.87. The number of halogens is 3. The standard InChI is InChI=1S/C10H11F3NO3/c1-5-3-7(9(15)10(11,12)13)4-6(2)8(5)14(16)17/h3-4,9,15-16H,1-2H3/q-1. The SMILES string of the molecule is Cc1cc(C(O)C(F)(F)F)cc(C)c1N([O-])O. The van der Waals surface area contributed by atoms with Crippen molar-refractivity contribution in [3.63, 3.8) is 0 Å². The Balaban J connectivity index is 3.24. The van der Waals surface area contributed by atoms with Crippen molar-refractivity contribution in [1.82, 2.24) is 0 Å². The molecule has 0 saturated carbocycles. The molecule has 0 heterocycles. The summed E-state index contributed by atoms with van der Waals surface area (Å²) in [4.78, 5) is 0. The maximum Gasteiger partial charge on any atom is 0.418 e. The second-order valence-corrected chi connectivity index (χ2v) is 3.72. The van der Waals surface area contributed by atoms with Crippen LogP contribution in [0.4, 0.5) is 18.9 Å². The summed E-state index contributed by atoms with van der Waals surface area (Å²) < 4.78 is 36.9. The summed E-state index contributed by atoms with van der Waals surface area (Å²) in [6.45, 7) is 2.74. The molecule has 0 spiro atoms. The van der Waals surface area contributed by atoms with Crippen LogP contribution in [0.15, 0.2) is 12.1 Å². The zero-order valence-corrected chi connectivity index (χ0v) is 9.12. The Hall–Kier alpha value is -1.31. The maximum absolute atomic E-state index is 12.3. The monoisotopic (exact) mass is 250 g/mol. The Morgan fingerprint density at radius 1 is 1.24 bits per heavy atom. The van der Waals surface area contributed by atoms with Gasteiger partial charge in [-0.25, -0.2) is 0 Å². The molecule has 1 aromatic rings. The van der Waals surface area contributed by atoms with Crippen LogP contribution >= 0.6 is 0 Å². The minimum atomic E-state index is -4.77. The highest BCUT2D eigenvalue weighted by molar-refractivity contribution is 5.59. The number of benzene rings is 1. The summed E-state index contributed by atoms with van der Waals surface area (Å²) in [7, 11) is 0. The zero-order valence-electron chi connectivity index (χ0n) is 9.12. The van der Waals surface area contributed by atoms with Crippen LogP contribution in [-0.2, 0) is 0 Å². The number of aliphatic hydroxyl groups is 1. The van der Waals surface area contributed by atoms with Gasteiger partial charge in [0.2, 0.25) is 0 Å². The average molecular weight is 250 g/mol. The molecule has 0 aliphatic carbocycles. The van der Waals surface area contributed by atoms with Gasteiger partial charge in [-0.3, -0.25) is 5.21 Å². The quantitative estimate of drug-likeness (QED) is 0.792. The van der Waals surface area contributed by atoms with E-state index in [1.807, 2.05) is 0 Å². The summed E-state index contributed by atoms with van der Waals surface area (Å²) in [5.41, 5.74) is -0.178. The lowest BCUT2D eigenvalue weighted by molar-refractivity contribution is -0.206. The second kappa shape index (κ2) is 4.52. The predicted octanol–water partition coefficient (Wildman–Crippen LogP) is 2.59. The molecule has 0 amide bonds. The van der Waals surface area contributed by atoms with Gasteiger partial charge in [0.1, 0.15) is 0 Å². The molecular formula is C10H11F3NO3-. The van der Waals surface area contributed by atoms with Gasteiger partial charge >= 0.3 is 6.18 Å². The van der Waals surface area contributed by atoms with Crippen molar-refractivity contribution in [1.29, 1.82) is 0 Å². The summed E-state index contributed by atoms with van der Waals surface area (Å²) in [5.74, 6) is 0. The van der Waals surface area contributed by atoms with Gasteiger partial charge in [0.25, 0.3) is 0 Å². The Bertz CT molecular complexity index is 395. The molecule has 0 aromatic heterocycles. The fourth-order valence-electron chi connectivity index (χ4n) is 1.64. The smallest absolute Gasteiger partial charge is 0.418 e. The lowest BCUT2D eigenvalue weighted by Gasteiger charge is -2.27. The Morgan fingerprint density at radius 2 is 1.65 bits per heavy atom. The molecular weight excluding hydrogens is 239 g/mol. The number of rotatable bonds is 2. The molecule has 17 heavy (non-hydrogen) atoms. The van der Waals surface area contributed by atoms with Crippen LogP contribution in [-0.4, -0.2) is 16.5 Å². The number of alkyl halides is 3. The summed E-state index contributed by atoms with van der Waals surface area (Å²) in [6.07, 6.45) is -7.37. The average Bonchev–Trinajstić information content (AvgIpc) is 2.13. The molecule has 4 nitrogen and oxygen atoms in total. The molecule has 96 valence electrons. The highest BCUT2D eigenvalue weighted by atomic mass is 19.4. The predicted molar refractivity (Wildman–Crippen MR) is 54.6 cm³/mol. The van der Waals surface area contributed by atoms with Crippen molar-refractivity contribution in [2.45, 2.75) is 26.1 Å². The van der Waals surface area contributed by atoms with E-state index >= 15 is 0 Å². The van der Waals surface area contributed by atoms with Crippen molar-refractivity contribution < 1.29 is 23.5 Å². The van der Waals surface area contributed by atoms with E-state index in [2.05, 4.69) is 0 Å². The number of nitrogens with zero attached hydrogens (tertiary/aromatic N) is 1. The lowest BCUT2D eigenvalue weighted by Crippen LogP contribution is -2.21. The molecule has 0 aliphatic heterocycles. The minimum Gasteiger partial charge on any atom is -0.733 e. The number of hydrogen-bond acceptors (Lipinski definition) is 4. The highest BCUT2D eigenvalue weighted by Gasteiger charge is 2.39. The molecule has 1 unspecified atom stereocenters. The summed E-state index contributed by atoms with van der Waals surface area (Å²) in [6, 6.07) is 2.03. The molecule has 2 N–H and O–H groups in total. The molecule has 0 bridgehead atoms. The van der Waals surface area contributed by atoms with Gasteiger partial charge in [0.15, 0.2) is 6.10 Å². The molecule has 0 radical (unpaired) electrons. The van der Waals surface area contributed by atoms with Crippen molar-refractivity contribution in [3.8, 4) is 0 Å². The topological polar surface area (TPSA) is 66.8 Å². The Labute approximate surface area is 95.4 Å².